The van der Waals surface area contributed by atoms with Crippen molar-refractivity contribution in [3.8, 4) is 0 Å². The summed E-state index contributed by atoms with van der Waals surface area (Å²) in [7, 11) is 0. The molecule has 22 heavy (non-hydrogen) atoms. The van der Waals surface area contributed by atoms with Crippen LogP contribution in [0.3, 0.4) is 0 Å². The van der Waals surface area contributed by atoms with Crippen LogP contribution in [0.2, 0.25) is 0 Å². The van der Waals surface area contributed by atoms with E-state index in [1.807, 2.05) is 0 Å². The number of hydrogen-bond donors (Lipinski definition) is 1. The summed E-state index contributed by atoms with van der Waals surface area (Å²) in [5, 5.41) is 7.14. The highest BCUT2D eigenvalue weighted by Crippen LogP contribution is 2.13. The van der Waals surface area contributed by atoms with Crippen molar-refractivity contribution < 1.29 is 14.3 Å². The van der Waals surface area contributed by atoms with Crippen molar-refractivity contribution in [3.63, 3.8) is 0 Å². The molecule has 1 saturated heterocycles. The molecule has 1 aliphatic heterocycles. The number of aromatic nitrogens is 2. The number of nitrogens with zero attached hydrogens (tertiary/aromatic N) is 2. The van der Waals surface area contributed by atoms with Crippen LogP contribution in [0, 0.1) is 0 Å². The molecule has 1 fully saturated rings. The Bertz CT molecular complexity index is 473. The van der Waals surface area contributed by atoms with Crippen LogP contribution in [0.1, 0.15) is 50.4 Å². The molecule has 0 radical (unpaired) electrons. The van der Waals surface area contributed by atoms with Crippen molar-refractivity contribution >= 4 is 5.91 Å². The first-order chi connectivity index (χ1) is 10.5. The van der Waals surface area contributed by atoms with Gasteiger partial charge in [-0.1, -0.05) is 0 Å². The average Bonchev–Trinajstić information content (AvgIpc) is 2.98. The van der Waals surface area contributed by atoms with Crippen molar-refractivity contribution in [3.05, 3.63) is 18.0 Å². The summed E-state index contributed by atoms with van der Waals surface area (Å²) in [4.78, 5) is 12.0. The van der Waals surface area contributed by atoms with E-state index < -0.39 is 0 Å². The number of amides is 1. The van der Waals surface area contributed by atoms with E-state index in [0.717, 1.165) is 32.5 Å². The topological polar surface area (TPSA) is 65.4 Å². The molecular formula is C16H27N3O3. The fraction of sp³-hybridized carbons (Fsp3) is 0.750. The Balaban J connectivity index is 1.64. The van der Waals surface area contributed by atoms with Crippen LogP contribution in [-0.4, -0.2) is 48.2 Å². The monoisotopic (exact) mass is 309 g/mol. The Labute approximate surface area is 132 Å². The lowest BCUT2D eigenvalue weighted by molar-refractivity contribution is -0.0321. The second-order valence-corrected chi connectivity index (χ2v) is 6.64. The zero-order valence-corrected chi connectivity index (χ0v) is 13.8. The standard InChI is InChI=1S/C16H27N3O3/c1-16(2,3)19-12-13(11-18-19)15(20)17-7-4-8-22-14-5-9-21-10-6-14/h11-12,14H,4-10H2,1-3H3,(H,17,20). The molecule has 0 aromatic carbocycles. The van der Waals surface area contributed by atoms with Gasteiger partial charge in [0.15, 0.2) is 0 Å². The largest absolute Gasteiger partial charge is 0.381 e. The molecule has 0 aliphatic carbocycles. The van der Waals surface area contributed by atoms with Gasteiger partial charge in [0.05, 0.1) is 23.4 Å². The Morgan fingerprint density at radius 1 is 1.45 bits per heavy atom. The van der Waals surface area contributed by atoms with Gasteiger partial charge in [0.2, 0.25) is 0 Å². The van der Waals surface area contributed by atoms with Crippen LogP contribution >= 0.6 is 0 Å². The van der Waals surface area contributed by atoms with Gasteiger partial charge in [0.25, 0.3) is 5.91 Å². The number of nitrogens with one attached hydrogen (secondary N) is 1. The van der Waals surface area contributed by atoms with Crippen LogP contribution in [0.15, 0.2) is 12.4 Å². The highest BCUT2D eigenvalue weighted by atomic mass is 16.5. The Morgan fingerprint density at radius 3 is 2.82 bits per heavy atom. The Kier molecular flexibility index (Phi) is 5.97. The number of hydrogen-bond acceptors (Lipinski definition) is 4. The average molecular weight is 309 g/mol. The van der Waals surface area contributed by atoms with Gasteiger partial charge in [-0.3, -0.25) is 9.48 Å². The fourth-order valence-electron chi connectivity index (χ4n) is 2.28. The van der Waals surface area contributed by atoms with Crippen LogP contribution < -0.4 is 5.32 Å². The predicted octanol–water partition coefficient (Wildman–Crippen LogP) is 1.95. The minimum absolute atomic E-state index is 0.0819. The lowest BCUT2D eigenvalue weighted by atomic mass is 10.1. The van der Waals surface area contributed by atoms with Gasteiger partial charge >= 0.3 is 0 Å². The van der Waals surface area contributed by atoms with E-state index in [1.165, 1.54) is 0 Å². The maximum absolute atomic E-state index is 12.0. The molecule has 1 N–H and O–H groups in total. The highest BCUT2D eigenvalue weighted by molar-refractivity contribution is 5.93. The molecule has 2 rings (SSSR count). The van der Waals surface area contributed by atoms with Crippen LogP contribution in [0.5, 0.6) is 0 Å². The van der Waals surface area contributed by atoms with E-state index in [1.54, 1.807) is 17.1 Å². The third-order valence-electron chi connectivity index (χ3n) is 3.66. The summed E-state index contributed by atoms with van der Waals surface area (Å²) in [6.07, 6.45) is 6.47. The minimum Gasteiger partial charge on any atom is -0.381 e. The van der Waals surface area contributed by atoms with Crippen molar-refractivity contribution in [2.45, 2.75) is 51.7 Å². The third kappa shape index (κ3) is 5.10. The lowest BCUT2D eigenvalue weighted by Crippen LogP contribution is -2.27. The number of ether oxygens (including phenoxy) is 2. The summed E-state index contributed by atoms with van der Waals surface area (Å²) < 4.78 is 12.9. The van der Waals surface area contributed by atoms with Crippen LogP contribution in [0.25, 0.3) is 0 Å². The first kappa shape index (κ1) is 17.0. The van der Waals surface area contributed by atoms with Gasteiger partial charge in [-0.05, 0) is 40.0 Å². The van der Waals surface area contributed by atoms with Gasteiger partial charge in [-0.2, -0.15) is 5.10 Å². The fourth-order valence-corrected chi connectivity index (χ4v) is 2.28. The maximum Gasteiger partial charge on any atom is 0.254 e. The molecule has 0 bridgehead atoms. The number of carbonyl (C=O) groups excluding carboxylic acids is 1. The molecule has 6 nitrogen and oxygen atoms in total. The molecule has 0 unspecified atom stereocenters. The Morgan fingerprint density at radius 2 is 2.18 bits per heavy atom. The van der Waals surface area contributed by atoms with Gasteiger partial charge in [-0.25, -0.2) is 0 Å². The second-order valence-electron chi connectivity index (χ2n) is 6.64. The summed E-state index contributed by atoms with van der Waals surface area (Å²) in [5.41, 5.74) is 0.482. The second kappa shape index (κ2) is 7.74. The summed E-state index contributed by atoms with van der Waals surface area (Å²) in [6.45, 7) is 9.02. The van der Waals surface area contributed by atoms with E-state index in [0.29, 0.717) is 24.8 Å². The van der Waals surface area contributed by atoms with Gasteiger partial charge < -0.3 is 14.8 Å². The van der Waals surface area contributed by atoms with Crippen LogP contribution in [-0.2, 0) is 15.0 Å². The summed E-state index contributed by atoms with van der Waals surface area (Å²) in [5.74, 6) is -0.0819. The molecule has 1 aromatic heterocycles. The first-order valence-electron chi connectivity index (χ1n) is 7.99. The van der Waals surface area contributed by atoms with Crippen LogP contribution in [0.4, 0.5) is 0 Å². The van der Waals surface area contributed by atoms with E-state index in [-0.39, 0.29) is 11.4 Å². The first-order valence-corrected chi connectivity index (χ1v) is 7.99. The third-order valence-corrected chi connectivity index (χ3v) is 3.66. The molecule has 0 atom stereocenters. The molecule has 0 spiro atoms. The zero-order chi connectivity index (χ0) is 16.0. The molecule has 124 valence electrons. The normalized spacial score (nSPS) is 16.7. The minimum atomic E-state index is -0.115. The summed E-state index contributed by atoms with van der Waals surface area (Å²) in [6, 6.07) is 0. The van der Waals surface area contributed by atoms with E-state index in [9.17, 15) is 4.79 Å². The maximum atomic E-state index is 12.0. The van der Waals surface area contributed by atoms with E-state index in [2.05, 4.69) is 31.2 Å². The van der Waals surface area contributed by atoms with Gasteiger partial charge in [-0.15, -0.1) is 0 Å². The quantitative estimate of drug-likeness (QED) is 0.816. The smallest absolute Gasteiger partial charge is 0.254 e. The molecule has 2 heterocycles. The van der Waals surface area contributed by atoms with Crippen molar-refractivity contribution in [1.82, 2.24) is 15.1 Å². The van der Waals surface area contributed by atoms with Crippen molar-refractivity contribution in [2.75, 3.05) is 26.4 Å². The summed E-state index contributed by atoms with van der Waals surface area (Å²) >= 11 is 0. The highest BCUT2D eigenvalue weighted by Gasteiger charge is 2.17. The zero-order valence-electron chi connectivity index (χ0n) is 13.8. The molecule has 0 saturated carbocycles. The number of carbonyl (C=O) groups is 1. The molecule has 1 aromatic rings. The molecule has 1 aliphatic rings. The number of rotatable bonds is 6. The van der Waals surface area contributed by atoms with Crippen molar-refractivity contribution in [2.24, 2.45) is 0 Å². The SMILES string of the molecule is CC(C)(C)n1cc(C(=O)NCCCOC2CCOCC2)cn1. The molecule has 6 heteroatoms. The van der Waals surface area contributed by atoms with Gasteiger partial charge in [0, 0.05) is 32.6 Å². The molecular weight excluding hydrogens is 282 g/mol. The van der Waals surface area contributed by atoms with E-state index in [4.69, 9.17) is 9.47 Å². The van der Waals surface area contributed by atoms with Gasteiger partial charge in [0.1, 0.15) is 0 Å². The lowest BCUT2D eigenvalue weighted by Gasteiger charge is -2.22. The van der Waals surface area contributed by atoms with Crippen molar-refractivity contribution in [1.29, 1.82) is 0 Å². The Hall–Kier alpha value is -1.40. The van der Waals surface area contributed by atoms with E-state index >= 15 is 0 Å². The predicted molar refractivity (Wildman–Crippen MR) is 84.0 cm³/mol. The molecule has 1 amide bonds.